The molecular formula is C23H26N4O3. The van der Waals surface area contributed by atoms with Crippen LogP contribution in [-0.4, -0.2) is 34.2 Å². The van der Waals surface area contributed by atoms with Crippen molar-refractivity contribution >= 4 is 6.03 Å². The van der Waals surface area contributed by atoms with E-state index < -0.39 is 0 Å². The zero-order valence-electron chi connectivity index (χ0n) is 17.1. The van der Waals surface area contributed by atoms with Crippen LogP contribution in [0.25, 0.3) is 0 Å². The minimum Gasteiger partial charge on any atom is -0.367 e. The number of likely N-dealkylation sites (tertiary alicyclic amines) is 1. The maximum atomic E-state index is 12.5. The minimum absolute atomic E-state index is 0.0620. The van der Waals surface area contributed by atoms with Crippen molar-refractivity contribution in [2.24, 2.45) is 0 Å². The van der Waals surface area contributed by atoms with E-state index in [9.17, 15) is 4.79 Å². The van der Waals surface area contributed by atoms with Crippen LogP contribution in [0.4, 0.5) is 4.79 Å². The van der Waals surface area contributed by atoms with Gasteiger partial charge in [0.15, 0.2) is 5.82 Å². The minimum atomic E-state index is -0.0620. The summed E-state index contributed by atoms with van der Waals surface area (Å²) in [6.07, 6.45) is 0.821. The van der Waals surface area contributed by atoms with Crippen LogP contribution in [0.3, 0.4) is 0 Å². The second-order valence-electron chi connectivity index (χ2n) is 7.60. The zero-order valence-corrected chi connectivity index (χ0v) is 17.1. The van der Waals surface area contributed by atoms with Crippen molar-refractivity contribution in [1.29, 1.82) is 0 Å². The van der Waals surface area contributed by atoms with E-state index >= 15 is 0 Å². The number of aromatic nitrogens is 2. The van der Waals surface area contributed by atoms with Gasteiger partial charge in [-0.2, -0.15) is 4.98 Å². The SMILES string of the molecule is Cc1ccc(CNC(=O)N2CCC(c3noc(COCc4ccccc4)n3)C2)cc1. The highest BCUT2D eigenvalue weighted by Crippen LogP contribution is 2.25. The molecule has 4 rings (SSSR count). The van der Waals surface area contributed by atoms with Crippen molar-refractivity contribution in [3.8, 4) is 0 Å². The molecule has 1 fully saturated rings. The highest BCUT2D eigenvalue weighted by atomic mass is 16.5. The Labute approximate surface area is 176 Å². The van der Waals surface area contributed by atoms with Gasteiger partial charge in [-0.05, 0) is 24.5 Å². The van der Waals surface area contributed by atoms with E-state index in [2.05, 4.69) is 15.5 Å². The summed E-state index contributed by atoms with van der Waals surface area (Å²) in [5, 5.41) is 7.08. The average molecular weight is 406 g/mol. The third-order valence-corrected chi connectivity index (χ3v) is 5.23. The van der Waals surface area contributed by atoms with Gasteiger partial charge in [0.2, 0.25) is 0 Å². The Morgan fingerprint density at radius 3 is 2.73 bits per heavy atom. The standard InChI is InChI=1S/C23H26N4O3/c1-17-7-9-18(10-8-17)13-24-23(28)27-12-11-20(14-27)22-25-21(30-26-22)16-29-15-19-5-3-2-4-6-19/h2-10,20H,11-16H2,1H3,(H,24,28). The Balaban J connectivity index is 1.23. The van der Waals surface area contributed by atoms with E-state index in [1.165, 1.54) is 5.56 Å². The summed E-state index contributed by atoms with van der Waals surface area (Å²) in [6, 6.07) is 18.0. The highest BCUT2D eigenvalue weighted by molar-refractivity contribution is 5.74. The summed E-state index contributed by atoms with van der Waals surface area (Å²) < 4.78 is 11.0. The summed E-state index contributed by atoms with van der Waals surface area (Å²) >= 11 is 0. The van der Waals surface area contributed by atoms with E-state index in [-0.39, 0.29) is 18.6 Å². The third-order valence-electron chi connectivity index (χ3n) is 5.23. The molecule has 0 spiro atoms. The molecular weight excluding hydrogens is 380 g/mol. The Hall–Kier alpha value is -3.19. The number of amides is 2. The van der Waals surface area contributed by atoms with Crippen molar-refractivity contribution in [2.75, 3.05) is 13.1 Å². The monoisotopic (exact) mass is 406 g/mol. The molecule has 2 amide bonds. The van der Waals surface area contributed by atoms with E-state index in [4.69, 9.17) is 9.26 Å². The lowest BCUT2D eigenvalue weighted by Gasteiger charge is -2.17. The first-order valence-corrected chi connectivity index (χ1v) is 10.2. The quantitative estimate of drug-likeness (QED) is 0.646. The van der Waals surface area contributed by atoms with Crippen molar-refractivity contribution in [3.63, 3.8) is 0 Å². The van der Waals surface area contributed by atoms with Crippen LogP contribution in [0.15, 0.2) is 59.1 Å². The largest absolute Gasteiger partial charge is 0.367 e. The molecule has 1 aliphatic heterocycles. The molecule has 1 atom stereocenters. The molecule has 0 radical (unpaired) electrons. The molecule has 3 aromatic rings. The molecule has 0 bridgehead atoms. The summed E-state index contributed by atoms with van der Waals surface area (Å²) in [7, 11) is 0. The van der Waals surface area contributed by atoms with E-state index in [0.717, 1.165) is 17.5 Å². The van der Waals surface area contributed by atoms with Gasteiger partial charge in [0.1, 0.15) is 6.61 Å². The fourth-order valence-corrected chi connectivity index (χ4v) is 3.47. The molecule has 1 N–H and O–H groups in total. The van der Waals surface area contributed by atoms with Gasteiger partial charge in [0.05, 0.1) is 6.61 Å². The van der Waals surface area contributed by atoms with Crippen LogP contribution < -0.4 is 5.32 Å². The summed E-state index contributed by atoms with van der Waals surface area (Å²) in [5.41, 5.74) is 3.39. The van der Waals surface area contributed by atoms with Crippen molar-refractivity contribution < 1.29 is 14.1 Å². The fourth-order valence-electron chi connectivity index (χ4n) is 3.47. The highest BCUT2D eigenvalue weighted by Gasteiger charge is 2.30. The number of urea groups is 1. The first-order chi connectivity index (χ1) is 14.7. The van der Waals surface area contributed by atoms with Crippen LogP contribution in [0.2, 0.25) is 0 Å². The van der Waals surface area contributed by atoms with E-state index in [1.54, 1.807) is 4.90 Å². The number of carbonyl (C=O) groups excluding carboxylic acids is 1. The van der Waals surface area contributed by atoms with Crippen molar-refractivity contribution in [1.82, 2.24) is 20.4 Å². The van der Waals surface area contributed by atoms with Crippen molar-refractivity contribution in [2.45, 2.75) is 39.0 Å². The predicted octanol–water partition coefficient (Wildman–Crippen LogP) is 3.79. The Bertz CT molecular complexity index is 956. The first-order valence-electron chi connectivity index (χ1n) is 10.2. The fraction of sp³-hybridized carbons (Fsp3) is 0.348. The van der Waals surface area contributed by atoms with Gasteiger partial charge in [-0.1, -0.05) is 65.3 Å². The van der Waals surface area contributed by atoms with Crippen LogP contribution in [0.5, 0.6) is 0 Å². The molecule has 30 heavy (non-hydrogen) atoms. The van der Waals surface area contributed by atoms with Crippen molar-refractivity contribution in [3.05, 3.63) is 83.0 Å². The topological polar surface area (TPSA) is 80.5 Å². The first kappa shape index (κ1) is 20.1. The number of ether oxygens (including phenoxy) is 1. The van der Waals surface area contributed by atoms with Gasteiger partial charge < -0.3 is 19.5 Å². The lowest BCUT2D eigenvalue weighted by molar-refractivity contribution is 0.0850. The molecule has 7 nitrogen and oxygen atoms in total. The van der Waals surface area contributed by atoms with Crippen LogP contribution in [0.1, 0.15) is 40.7 Å². The van der Waals surface area contributed by atoms with Gasteiger partial charge in [-0.25, -0.2) is 4.79 Å². The molecule has 156 valence electrons. The van der Waals surface area contributed by atoms with Crippen LogP contribution in [0, 0.1) is 6.92 Å². The maximum absolute atomic E-state index is 12.5. The summed E-state index contributed by atoms with van der Waals surface area (Å²) in [5.74, 6) is 1.19. The van der Waals surface area contributed by atoms with Crippen LogP contribution in [-0.2, 0) is 24.5 Å². The molecule has 2 aromatic carbocycles. The number of nitrogens with one attached hydrogen (secondary N) is 1. The summed E-state index contributed by atoms with van der Waals surface area (Å²) in [4.78, 5) is 18.7. The normalized spacial score (nSPS) is 16.0. The number of hydrogen-bond acceptors (Lipinski definition) is 5. The Kier molecular flexibility index (Phi) is 6.39. The average Bonchev–Trinajstić information content (AvgIpc) is 3.44. The molecule has 1 aromatic heterocycles. The molecule has 0 saturated carbocycles. The Morgan fingerprint density at radius 2 is 1.93 bits per heavy atom. The smallest absolute Gasteiger partial charge is 0.317 e. The van der Waals surface area contributed by atoms with Gasteiger partial charge in [-0.3, -0.25) is 0 Å². The second-order valence-corrected chi connectivity index (χ2v) is 7.60. The number of nitrogens with zero attached hydrogens (tertiary/aromatic N) is 3. The Morgan fingerprint density at radius 1 is 1.13 bits per heavy atom. The van der Waals surface area contributed by atoms with E-state index in [0.29, 0.717) is 38.0 Å². The number of aryl methyl sites for hydroxylation is 1. The second kappa shape index (κ2) is 9.54. The number of hydrogen-bond donors (Lipinski definition) is 1. The van der Waals surface area contributed by atoms with E-state index in [1.807, 2.05) is 61.5 Å². The number of carbonyl (C=O) groups is 1. The van der Waals surface area contributed by atoms with Gasteiger partial charge >= 0.3 is 6.03 Å². The molecule has 7 heteroatoms. The lowest BCUT2D eigenvalue weighted by Crippen LogP contribution is -2.38. The number of rotatable bonds is 7. The summed E-state index contributed by atoms with van der Waals surface area (Å²) in [6.45, 7) is 4.60. The maximum Gasteiger partial charge on any atom is 0.317 e. The lowest BCUT2D eigenvalue weighted by atomic mass is 10.1. The molecule has 0 aliphatic carbocycles. The zero-order chi connectivity index (χ0) is 20.8. The van der Waals surface area contributed by atoms with Gasteiger partial charge in [0, 0.05) is 25.6 Å². The number of benzene rings is 2. The van der Waals surface area contributed by atoms with Gasteiger partial charge in [-0.15, -0.1) is 0 Å². The van der Waals surface area contributed by atoms with Gasteiger partial charge in [0.25, 0.3) is 5.89 Å². The molecule has 1 aliphatic rings. The third kappa shape index (κ3) is 5.24. The molecule has 1 unspecified atom stereocenters. The van der Waals surface area contributed by atoms with Crippen LogP contribution >= 0.6 is 0 Å². The molecule has 1 saturated heterocycles. The molecule has 2 heterocycles. The predicted molar refractivity (Wildman–Crippen MR) is 112 cm³/mol.